The number of hydrogen-bond acceptors (Lipinski definition) is 9. The minimum Gasteiger partial charge on any atom is -0.508 e. The van der Waals surface area contributed by atoms with Crippen LogP contribution in [0.15, 0.2) is 11.5 Å². The Labute approximate surface area is 132 Å². The van der Waals surface area contributed by atoms with Crippen LogP contribution in [0.1, 0.15) is 27.2 Å². The zero-order valence-electron chi connectivity index (χ0n) is 13.2. The predicted molar refractivity (Wildman–Crippen MR) is 73.0 cm³/mol. The quantitative estimate of drug-likeness (QED) is 0.554. The second kappa shape index (κ2) is 7.12. The van der Waals surface area contributed by atoms with Gasteiger partial charge in [-0.05, 0) is 0 Å². The van der Waals surface area contributed by atoms with Crippen LogP contribution < -0.4 is 0 Å². The molecule has 1 N–H and O–H groups in total. The van der Waals surface area contributed by atoms with E-state index in [1.165, 1.54) is 0 Å². The second-order valence-corrected chi connectivity index (χ2v) is 4.95. The fraction of sp³-hybridized carbons (Fsp3) is 0.571. The Hall–Kier alpha value is -2.58. The Bertz CT molecular complexity index is 563. The number of hydrogen-bond donors (Lipinski definition) is 1. The van der Waals surface area contributed by atoms with Crippen LogP contribution in [0.2, 0.25) is 0 Å². The van der Waals surface area contributed by atoms with Gasteiger partial charge in [0.1, 0.15) is 12.4 Å². The second-order valence-electron chi connectivity index (χ2n) is 4.95. The maximum absolute atomic E-state index is 12.4. The molecule has 23 heavy (non-hydrogen) atoms. The number of aliphatic hydroxyl groups is 1. The van der Waals surface area contributed by atoms with E-state index in [9.17, 15) is 24.3 Å². The molecule has 0 aliphatic heterocycles. The van der Waals surface area contributed by atoms with Crippen molar-refractivity contribution < 1.29 is 43.2 Å². The molecule has 0 spiro atoms. The molecule has 2 atom stereocenters. The van der Waals surface area contributed by atoms with E-state index in [4.69, 9.17) is 18.9 Å². The highest BCUT2D eigenvalue weighted by atomic mass is 16.6. The molecule has 0 aromatic heterocycles. The Kier molecular flexibility index (Phi) is 5.72. The van der Waals surface area contributed by atoms with Gasteiger partial charge >= 0.3 is 17.9 Å². The summed E-state index contributed by atoms with van der Waals surface area (Å²) in [7, 11) is 1.15. The number of methoxy groups -OCH3 is 1. The molecule has 0 saturated carbocycles. The summed E-state index contributed by atoms with van der Waals surface area (Å²) in [6, 6.07) is 0. The summed E-state index contributed by atoms with van der Waals surface area (Å²) in [6.45, 7) is 2.66. The summed E-state index contributed by atoms with van der Waals surface area (Å²) < 4.78 is 19.7. The van der Waals surface area contributed by atoms with E-state index in [1.807, 2.05) is 0 Å². The summed E-state index contributed by atoms with van der Waals surface area (Å²) in [6.07, 6.45) is -2.04. The van der Waals surface area contributed by atoms with Crippen molar-refractivity contribution in [2.45, 2.75) is 38.9 Å². The van der Waals surface area contributed by atoms with E-state index in [-0.39, 0.29) is 0 Å². The molecular formula is C14H18O9. The van der Waals surface area contributed by atoms with Crippen molar-refractivity contribution in [3.05, 3.63) is 11.5 Å². The topological polar surface area (TPSA) is 125 Å². The molecule has 1 aliphatic carbocycles. The maximum Gasteiger partial charge on any atom is 0.303 e. The lowest BCUT2D eigenvalue weighted by Gasteiger charge is -2.40. The van der Waals surface area contributed by atoms with Crippen LogP contribution in [0, 0.1) is 0 Å². The van der Waals surface area contributed by atoms with Crippen molar-refractivity contribution in [1.82, 2.24) is 0 Å². The summed E-state index contributed by atoms with van der Waals surface area (Å²) in [5, 5.41) is 9.97. The SMILES string of the molecule is COC1=C(O)C[C@](COC(C)=O)(OC(C)=O)[C@@H](OC(C)=O)C1=O. The Balaban J connectivity index is 3.37. The average Bonchev–Trinajstić information content (AvgIpc) is 2.40. The van der Waals surface area contributed by atoms with Gasteiger partial charge in [0.15, 0.2) is 5.60 Å². The largest absolute Gasteiger partial charge is 0.508 e. The third-order valence-corrected chi connectivity index (χ3v) is 3.02. The van der Waals surface area contributed by atoms with E-state index in [1.54, 1.807) is 0 Å². The number of ether oxygens (including phenoxy) is 4. The van der Waals surface area contributed by atoms with Gasteiger partial charge in [-0.2, -0.15) is 0 Å². The van der Waals surface area contributed by atoms with Crippen LogP contribution in [0.4, 0.5) is 0 Å². The standard InChI is InChI=1S/C14H18O9/c1-7(15)21-6-14(23-9(3)17)5-10(18)12(20-4)11(19)13(14)22-8(2)16/h13,18H,5-6H2,1-4H3/t13-,14+/m0/s1. The number of aliphatic hydroxyl groups excluding tert-OH is 1. The first-order valence-corrected chi connectivity index (χ1v) is 6.63. The van der Waals surface area contributed by atoms with E-state index < -0.39 is 59.9 Å². The maximum atomic E-state index is 12.4. The zero-order valence-corrected chi connectivity index (χ0v) is 13.2. The molecule has 0 bridgehead atoms. The lowest BCUT2D eigenvalue weighted by Crippen LogP contribution is -2.58. The van der Waals surface area contributed by atoms with Crippen LogP contribution >= 0.6 is 0 Å². The van der Waals surface area contributed by atoms with E-state index in [0.29, 0.717) is 0 Å². The van der Waals surface area contributed by atoms with Crippen molar-refractivity contribution >= 4 is 23.7 Å². The monoisotopic (exact) mass is 330 g/mol. The summed E-state index contributed by atoms with van der Waals surface area (Å²) in [4.78, 5) is 46.2. The van der Waals surface area contributed by atoms with Gasteiger partial charge in [-0.3, -0.25) is 19.2 Å². The van der Waals surface area contributed by atoms with Gasteiger partial charge in [0.05, 0.1) is 13.5 Å². The van der Waals surface area contributed by atoms with Gasteiger partial charge in [0.25, 0.3) is 0 Å². The number of ketones is 1. The van der Waals surface area contributed by atoms with Crippen LogP contribution in [0.5, 0.6) is 0 Å². The van der Waals surface area contributed by atoms with Crippen LogP contribution in [0.3, 0.4) is 0 Å². The zero-order chi connectivity index (χ0) is 17.8. The first kappa shape index (κ1) is 18.5. The smallest absolute Gasteiger partial charge is 0.303 e. The first-order valence-electron chi connectivity index (χ1n) is 6.63. The summed E-state index contributed by atoms with van der Waals surface area (Å²) >= 11 is 0. The Morgan fingerprint density at radius 3 is 2.22 bits per heavy atom. The molecule has 0 aromatic rings. The Morgan fingerprint density at radius 2 is 1.78 bits per heavy atom. The highest BCUT2D eigenvalue weighted by molar-refractivity contribution is 6.00. The molecule has 1 aliphatic rings. The number of carbonyl (C=O) groups is 4. The van der Waals surface area contributed by atoms with Gasteiger partial charge < -0.3 is 24.1 Å². The molecule has 0 radical (unpaired) electrons. The van der Waals surface area contributed by atoms with E-state index in [2.05, 4.69) is 0 Å². The average molecular weight is 330 g/mol. The minimum atomic E-state index is -1.87. The lowest BCUT2D eigenvalue weighted by molar-refractivity contribution is -0.201. The molecule has 0 heterocycles. The highest BCUT2D eigenvalue weighted by Crippen LogP contribution is 2.36. The fourth-order valence-electron chi connectivity index (χ4n) is 2.26. The van der Waals surface area contributed by atoms with Crippen molar-refractivity contribution in [2.75, 3.05) is 13.7 Å². The van der Waals surface area contributed by atoms with E-state index >= 15 is 0 Å². The fourth-order valence-corrected chi connectivity index (χ4v) is 2.26. The normalized spacial score (nSPS) is 24.0. The number of Topliss-reactive ketones (excluding diaryl/α,β-unsaturated/α-hetero) is 1. The summed E-state index contributed by atoms with van der Waals surface area (Å²) in [5.74, 6) is -4.15. The van der Waals surface area contributed by atoms with Gasteiger partial charge in [0.2, 0.25) is 17.6 Å². The van der Waals surface area contributed by atoms with Gasteiger partial charge in [0, 0.05) is 20.8 Å². The molecule has 0 amide bonds. The van der Waals surface area contributed by atoms with Crippen LogP contribution in [-0.2, 0) is 38.1 Å². The van der Waals surface area contributed by atoms with Crippen molar-refractivity contribution in [2.24, 2.45) is 0 Å². The van der Waals surface area contributed by atoms with Crippen molar-refractivity contribution in [1.29, 1.82) is 0 Å². The van der Waals surface area contributed by atoms with Gasteiger partial charge in [-0.1, -0.05) is 0 Å². The van der Waals surface area contributed by atoms with Crippen LogP contribution in [0.25, 0.3) is 0 Å². The lowest BCUT2D eigenvalue weighted by atomic mass is 9.83. The number of rotatable bonds is 5. The third kappa shape index (κ3) is 4.21. The third-order valence-electron chi connectivity index (χ3n) is 3.02. The van der Waals surface area contributed by atoms with Gasteiger partial charge in [-0.25, -0.2) is 0 Å². The molecule has 0 fully saturated rings. The molecular weight excluding hydrogens is 312 g/mol. The van der Waals surface area contributed by atoms with Crippen molar-refractivity contribution in [3.8, 4) is 0 Å². The highest BCUT2D eigenvalue weighted by Gasteiger charge is 2.55. The van der Waals surface area contributed by atoms with Gasteiger partial charge in [-0.15, -0.1) is 0 Å². The first-order chi connectivity index (χ1) is 10.6. The molecule has 9 nitrogen and oxygen atoms in total. The molecule has 0 saturated heterocycles. The van der Waals surface area contributed by atoms with E-state index in [0.717, 1.165) is 27.9 Å². The molecule has 9 heteroatoms. The molecule has 1 rings (SSSR count). The number of esters is 3. The Morgan fingerprint density at radius 1 is 1.17 bits per heavy atom. The predicted octanol–water partition coefficient (Wildman–Crippen LogP) is 0.172. The molecule has 0 aromatic carbocycles. The van der Waals surface area contributed by atoms with Crippen molar-refractivity contribution in [3.63, 3.8) is 0 Å². The molecule has 0 unspecified atom stereocenters. The number of carbonyl (C=O) groups excluding carboxylic acids is 4. The summed E-state index contributed by atoms with van der Waals surface area (Å²) in [5.41, 5.74) is -1.87. The molecule has 128 valence electrons. The van der Waals surface area contributed by atoms with Crippen LogP contribution in [-0.4, -0.2) is 54.2 Å². The minimum absolute atomic E-state index is 0.415.